The summed E-state index contributed by atoms with van der Waals surface area (Å²) in [4.78, 5) is 8.36. The molecule has 134 valence electrons. The second-order valence-corrected chi connectivity index (χ2v) is 6.81. The summed E-state index contributed by atoms with van der Waals surface area (Å²) < 4.78 is 31.9. The molecule has 0 saturated carbocycles. The minimum Gasteiger partial charge on any atom is -0.487 e. The fourth-order valence-corrected chi connectivity index (χ4v) is 4.10. The summed E-state index contributed by atoms with van der Waals surface area (Å²) in [6.45, 7) is 0.934. The molecule has 1 aromatic carbocycles. The number of amidine groups is 1. The Morgan fingerprint density at radius 1 is 1.27 bits per heavy atom. The molecule has 1 unspecified atom stereocenters. The van der Waals surface area contributed by atoms with Crippen LogP contribution in [0.3, 0.4) is 0 Å². The molecule has 3 atom stereocenters. The zero-order valence-electron chi connectivity index (χ0n) is 14.0. The van der Waals surface area contributed by atoms with Gasteiger partial charge in [-0.05, 0) is 42.7 Å². The van der Waals surface area contributed by atoms with Gasteiger partial charge in [-0.2, -0.15) is 4.39 Å². The monoisotopic (exact) mass is 355 g/mol. The van der Waals surface area contributed by atoms with Gasteiger partial charge < -0.3 is 19.9 Å². The van der Waals surface area contributed by atoms with Gasteiger partial charge in [-0.3, -0.25) is 0 Å². The minimum absolute atomic E-state index is 0.101. The Bertz CT molecular complexity index is 903. The molecule has 0 amide bonds. The molecule has 1 spiro atoms. The molecule has 26 heavy (non-hydrogen) atoms. The molecule has 0 aliphatic carbocycles. The van der Waals surface area contributed by atoms with Crippen LogP contribution in [0.25, 0.3) is 11.1 Å². The van der Waals surface area contributed by atoms with Crippen molar-refractivity contribution in [3.63, 3.8) is 0 Å². The highest BCUT2D eigenvalue weighted by Gasteiger charge is 2.55. The molecule has 2 N–H and O–H groups in total. The molecule has 1 aromatic heterocycles. The standard InChI is InChI=1S/C19H18FN3O3/c20-17-12(3-1-7-22-17)11-5-6-14-13(9-11)19(10-25-18(21)23-19)16-15(26-14)4-2-8-24-16/h1,3,5-7,9,15-16H,2,4,8,10H2,(H2,21,23)/t15-,16-,19?/m0/s1. The Kier molecular flexibility index (Phi) is 3.40. The van der Waals surface area contributed by atoms with Crippen molar-refractivity contribution in [2.24, 2.45) is 10.7 Å². The molecule has 6 nitrogen and oxygen atoms in total. The normalized spacial score (nSPS) is 29.3. The molecule has 7 heteroatoms. The highest BCUT2D eigenvalue weighted by atomic mass is 19.1. The van der Waals surface area contributed by atoms with E-state index in [4.69, 9.17) is 19.9 Å². The van der Waals surface area contributed by atoms with Crippen LogP contribution in [0, 0.1) is 5.95 Å². The number of nitrogens with zero attached hydrogens (tertiary/aromatic N) is 2. The van der Waals surface area contributed by atoms with Crippen LogP contribution in [0.1, 0.15) is 18.4 Å². The zero-order valence-corrected chi connectivity index (χ0v) is 14.0. The van der Waals surface area contributed by atoms with Gasteiger partial charge in [0.05, 0.1) is 0 Å². The first-order valence-electron chi connectivity index (χ1n) is 8.69. The molecule has 1 fully saturated rings. The minimum atomic E-state index is -0.766. The van der Waals surface area contributed by atoms with Crippen molar-refractivity contribution in [3.05, 3.63) is 48.0 Å². The largest absolute Gasteiger partial charge is 0.487 e. The summed E-state index contributed by atoms with van der Waals surface area (Å²) in [5.41, 5.74) is 7.02. The fraction of sp³-hybridized carbons (Fsp3) is 0.368. The molecule has 3 aliphatic heterocycles. The third-order valence-electron chi connectivity index (χ3n) is 5.28. The number of fused-ring (bicyclic) bond motifs is 4. The highest BCUT2D eigenvalue weighted by Crippen LogP contribution is 2.49. The predicted octanol–water partition coefficient (Wildman–Crippen LogP) is 2.37. The fourth-order valence-electron chi connectivity index (χ4n) is 4.10. The van der Waals surface area contributed by atoms with Crippen LogP contribution in [0.5, 0.6) is 5.75 Å². The SMILES string of the molecule is NC1=NC2(CO1)c1cc(-c3cccnc3F)ccc1O[C@H]1CCCO[C@@H]12. The van der Waals surface area contributed by atoms with Gasteiger partial charge in [-0.1, -0.05) is 6.07 Å². The number of pyridine rings is 1. The second-order valence-electron chi connectivity index (χ2n) is 6.81. The van der Waals surface area contributed by atoms with Crippen LogP contribution in [-0.2, 0) is 15.0 Å². The van der Waals surface area contributed by atoms with E-state index in [1.165, 1.54) is 6.20 Å². The van der Waals surface area contributed by atoms with E-state index >= 15 is 0 Å². The lowest BCUT2D eigenvalue weighted by Gasteiger charge is -2.45. The number of hydrogen-bond donors (Lipinski definition) is 1. The number of aromatic nitrogens is 1. The summed E-state index contributed by atoms with van der Waals surface area (Å²) in [5, 5.41) is 0. The maximum Gasteiger partial charge on any atom is 0.283 e. The van der Waals surface area contributed by atoms with Crippen LogP contribution in [0.2, 0.25) is 0 Å². The lowest BCUT2D eigenvalue weighted by molar-refractivity contribution is -0.117. The van der Waals surface area contributed by atoms with Crippen molar-refractivity contribution in [3.8, 4) is 16.9 Å². The van der Waals surface area contributed by atoms with Crippen molar-refractivity contribution in [1.82, 2.24) is 4.98 Å². The van der Waals surface area contributed by atoms with Crippen LogP contribution >= 0.6 is 0 Å². The lowest BCUT2D eigenvalue weighted by atomic mass is 9.77. The molecule has 3 aliphatic rings. The van der Waals surface area contributed by atoms with Crippen molar-refractivity contribution in [1.29, 1.82) is 0 Å². The Morgan fingerprint density at radius 3 is 3.00 bits per heavy atom. The predicted molar refractivity (Wildman–Crippen MR) is 92.3 cm³/mol. The Balaban J connectivity index is 1.69. The first-order chi connectivity index (χ1) is 12.7. The number of hydrogen-bond acceptors (Lipinski definition) is 6. The van der Waals surface area contributed by atoms with Gasteiger partial charge in [0.2, 0.25) is 5.95 Å². The third kappa shape index (κ3) is 2.20. The van der Waals surface area contributed by atoms with E-state index in [9.17, 15) is 4.39 Å². The Morgan fingerprint density at radius 2 is 2.19 bits per heavy atom. The molecule has 5 rings (SSSR count). The number of benzene rings is 1. The number of rotatable bonds is 1. The van der Waals surface area contributed by atoms with Gasteiger partial charge in [-0.25, -0.2) is 9.98 Å². The Labute approximate surface area is 149 Å². The first kappa shape index (κ1) is 15.6. The summed E-state index contributed by atoms with van der Waals surface area (Å²) in [6, 6.07) is 9.12. The van der Waals surface area contributed by atoms with E-state index in [0.717, 1.165) is 18.4 Å². The van der Waals surface area contributed by atoms with Crippen molar-refractivity contribution >= 4 is 6.02 Å². The van der Waals surface area contributed by atoms with Gasteiger partial charge in [0.15, 0.2) is 5.54 Å². The van der Waals surface area contributed by atoms with Crippen LogP contribution in [0.15, 0.2) is 41.5 Å². The topological polar surface area (TPSA) is 79.0 Å². The molecule has 4 heterocycles. The third-order valence-corrected chi connectivity index (χ3v) is 5.28. The van der Waals surface area contributed by atoms with Crippen LogP contribution in [0.4, 0.5) is 4.39 Å². The summed E-state index contributed by atoms with van der Waals surface area (Å²) in [7, 11) is 0. The number of halogens is 1. The molecule has 1 saturated heterocycles. The second kappa shape index (κ2) is 5.67. The molecular formula is C19H18FN3O3. The van der Waals surface area contributed by atoms with E-state index in [0.29, 0.717) is 23.5 Å². The van der Waals surface area contributed by atoms with Crippen molar-refractivity contribution in [2.45, 2.75) is 30.6 Å². The lowest BCUT2D eigenvalue weighted by Crippen LogP contribution is -2.55. The zero-order chi connectivity index (χ0) is 17.7. The molecule has 0 bridgehead atoms. The average Bonchev–Trinajstić information content (AvgIpc) is 3.05. The quantitative estimate of drug-likeness (QED) is 0.795. The molecular weight excluding hydrogens is 337 g/mol. The van der Waals surface area contributed by atoms with Crippen molar-refractivity contribution in [2.75, 3.05) is 13.2 Å². The highest BCUT2D eigenvalue weighted by molar-refractivity contribution is 5.75. The van der Waals surface area contributed by atoms with E-state index in [-0.39, 0.29) is 24.8 Å². The van der Waals surface area contributed by atoms with Crippen LogP contribution in [-0.4, -0.2) is 36.4 Å². The first-order valence-corrected chi connectivity index (χ1v) is 8.69. The molecule has 0 radical (unpaired) electrons. The van der Waals surface area contributed by atoms with Gasteiger partial charge in [0.25, 0.3) is 6.02 Å². The maximum atomic E-state index is 14.2. The Hall–Kier alpha value is -2.67. The maximum absolute atomic E-state index is 14.2. The number of nitrogens with two attached hydrogens (primary N) is 1. The number of ether oxygens (including phenoxy) is 3. The summed E-state index contributed by atoms with van der Waals surface area (Å²) >= 11 is 0. The van der Waals surface area contributed by atoms with Gasteiger partial charge in [0.1, 0.15) is 24.6 Å². The number of aliphatic imine (C=N–C) groups is 1. The van der Waals surface area contributed by atoms with E-state index < -0.39 is 11.5 Å². The van der Waals surface area contributed by atoms with Gasteiger partial charge in [0, 0.05) is 23.9 Å². The summed E-state index contributed by atoms with van der Waals surface area (Å²) in [5.74, 6) is 0.197. The summed E-state index contributed by atoms with van der Waals surface area (Å²) in [6.07, 6.45) is 2.87. The molecule has 2 aromatic rings. The van der Waals surface area contributed by atoms with Crippen LogP contribution < -0.4 is 10.5 Å². The smallest absolute Gasteiger partial charge is 0.283 e. The van der Waals surface area contributed by atoms with Crippen molar-refractivity contribution < 1.29 is 18.6 Å². The van der Waals surface area contributed by atoms with E-state index in [1.54, 1.807) is 12.1 Å². The average molecular weight is 355 g/mol. The van der Waals surface area contributed by atoms with E-state index in [2.05, 4.69) is 9.98 Å². The van der Waals surface area contributed by atoms with E-state index in [1.807, 2.05) is 18.2 Å². The van der Waals surface area contributed by atoms with Gasteiger partial charge >= 0.3 is 0 Å². The van der Waals surface area contributed by atoms with Gasteiger partial charge in [-0.15, -0.1) is 0 Å².